The van der Waals surface area contributed by atoms with Crippen molar-refractivity contribution in [3.05, 3.63) is 66.4 Å². The third kappa shape index (κ3) is 3.49. The molecule has 0 unspecified atom stereocenters. The Morgan fingerprint density at radius 3 is 2.42 bits per heavy atom. The first-order chi connectivity index (χ1) is 11.6. The van der Waals surface area contributed by atoms with E-state index in [2.05, 4.69) is 21.8 Å². The molecule has 3 rings (SSSR count). The van der Waals surface area contributed by atoms with Crippen LogP contribution in [0.25, 0.3) is 11.1 Å². The van der Waals surface area contributed by atoms with Gasteiger partial charge in [0.05, 0.1) is 11.1 Å². The molecule has 0 saturated heterocycles. The predicted molar refractivity (Wildman–Crippen MR) is 95.3 cm³/mol. The van der Waals surface area contributed by atoms with Crippen molar-refractivity contribution in [3.8, 4) is 11.1 Å². The molecule has 1 aromatic heterocycles. The van der Waals surface area contributed by atoms with Crippen molar-refractivity contribution in [1.82, 2.24) is 10.2 Å². The van der Waals surface area contributed by atoms with Gasteiger partial charge in [0, 0.05) is 5.56 Å². The maximum atomic E-state index is 12.6. The Kier molecular flexibility index (Phi) is 4.66. The second-order valence-electron chi connectivity index (χ2n) is 5.52. The zero-order valence-electron chi connectivity index (χ0n) is 13.4. The van der Waals surface area contributed by atoms with E-state index in [1.54, 1.807) is 18.3 Å². The van der Waals surface area contributed by atoms with E-state index in [9.17, 15) is 8.42 Å². The average Bonchev–Trinajstić information content (AvgIpc) is 3.04. The van der Waals surface area contributed by atoms with Gasteiger partial charge < -0.3 is 0 Å². The predicted octanol–water partition coefficient (Wildman–Crippen LogP) is 3.83. The van der Waals surface area contributed by atoms with Gasteiger partial charge in [0.15, 0.2) is 0 Å². The second-order valence-corrected chi connectivity index (χ2v) is 7.21. The number of aromatic amines is 1. The lowest BCUT2D eigenvalue weighted by Gasteiger charge is -2.09. The van der Waals surface area contributed by atoms with E-state index in [4.69, 9.17) is 0 Å². The summed E-state index contributed by atoms with van der Waals surface area (Å²) in [6, 6.07) is 16.5. The summed E-state index contributed by atoms with van der Waals surface area (Å²) in [6.45, 7) is 2.09. The minimum absolute atomic E-state index is 0.232. The highest BCUT2D eigenvalue weighted by molar-refractivity contribution is 7.92. The van der Waals surface area contributed by atoms with Crippen LogP contribution in [0.4, 0.5) is 5.82 Å². The van der Waals surface area contributed by atoms with Crippen molar-refractivity contribution in [1.29, 1.82) is 0 Å². The molecular formula is C18H19N3O2S. The Morgan fingerprint density at radius 2 is 1.75 bits per heavy atom. The Bertz CT molecular complexity index is 901. The minimum atomic E-state index is -3.67. The van der Waals surface area contributed by atoms with Crippen molar-refractivity contribution in [2.24, 2.45) is 0 Å². The van der Waals surface area contributed by atoms with Crippen LogP contribution in [0.5, 0.6) is 0 Å². The molecule has 0 bridgehead atoms. The van der Waals surface area contributed by atoms with Gasteiger partial charge in [-0.25, -0.2) is 8.42 Å². The van der Waals surface area contributed by atoms with Gasteiger partial charge in [0.2, 0.25) is 0 Å². The third-order valence-electron chi connectivity index (χ3n) is 3.73. The molecule has 124 valence electrons. The molecule has 3 aromatic rings. The Labute approximate surface area is 141 Å². The van der Waals surface area contributed by atoms with E-state index in [-0.39, 0.29) is 4.90 Å². The van der Waals surface area contributed by atoms with Crippen LogP contribution >= 0.6 is 0 Å². The average molecular weight is 341 g/mol. The van der Waals surface area contributed by atoms with E-state index >= 15 is 0 Å². The Hall–Kier alpha value is -2.60. The topological polar surface area (TPSA) is 74.8 Å². The van der Waals surface area contributed by atoms with Crippen LogP contribution in [-0.4, -0.2) is 18.6 Å². The SMILES string of the molecule is CCCc1ccc(S(=O)(=O)Nc2[nH]ncc2-c2ccccc2)cc1. The number of sulfonamides is 1. The van der Waals surface area contributed by atoms with Gasteiger partial charge in [-0.15, -0.1) is 0 Å². The molecule has 5 nitrogen and oxygen atoms in total. The van der Waals surface area contributed by atoms with E-state index < -0.39 is 10.0 Å². The molecule has 0 spiro atoms. The van der Waals surface area contributed by atoms with Crippen molar-refractivity contribution in [2.45, 2.75) is 24.7 Å². The molecule has 0 fully saturated rings. The molecule has 0 atom stereocenters. The third-order valence-corrected chi connectivity index (χ3v) is 5.10. The fraction of sp³-hybridized carbons (Fsp3) is 0.167. The number of hydrogen-bond donors (Lipinski definition) is 2. The summed E-state index contributed by atoms with van der Waals surface area (Å²) in [5.74, 6) is 0.360. The Balaban J connectivity index is 1.87. The second kappa shape index (κ2) is 6.88. The molecule has 0 amide bonds. The maximum Gasteiger partial charge on any atom is 0.263 e. The summed E-state index contributed by atoms with van der Waals surface area (Å²) in [5.41, 5.74) is 2.73. The van der Waals surface area contributed by atoms with E-state index in [0.717, 1.165) is 24.0 Å². The highest BCUT2D eigenvalue weighted by Gasteiger charge is 2.17. The number of hydrogen-bond acceptors (Lipinski definition) is 3. The van der Waals surface area contributed by atoms with Crippen molar-refractivity contribution in [2.75, 3.05) is 4.72 Å². The van der Waals surface area contributed by atoms with Gasteiger partial charge in [0.25, 0.3) is 10.0 Å². The lowest BCUT2D eigenvalue weighted by molar-refractivity contribution is 0.601. The number of rotatable bonds is 6. The minimum Gasteiger partial charge on any atom is -0.263 e. The van der Waals surface area contributed by atoms with E-state index in [0.29, 0.717) is 11.4 Å². The molecule has 0 aliphatic carbocycles. The van der Waals surface area contributed by atoms with Crippen LogP contribution < -0.4 is 4.72 Å². The maximum absolute atomic E-state index is 12.6. The largest absolute Gasteiger partial charge is 0.263 e. The first-order valence-electron chi connectivity index (χ1n) is 7.80. The number of anilines is 1. The lowest BCUT2D eigenvalue weighted by atomic mass is 10.1. The van der Waals surface area contributed by atoms with E-state index in [1.807, 2.05) is 42.5 Å². The van der Waals surface area contributed by atoms with Crippen LogP contribution in [0.2, 0.25) is 0 Å². The fourth-order valence-corrected chi connectivity index (χ4v) is 3.55. The summed E-state index contributed by atoms with van der Waals surface area (Å²) in [4.78, 5) is 0.232. The Morgan fingerprint density at radius 1 is 1.04 bits per heavy atom. The van der Waals surface area contributed by atoms with Gasteiger partial charge >= 0.3 is 0 Å². The normalized spacial score (nSPS) is 11.4. The first kappa shape index (κ1) is 16.3. The van der Waals surface area contributed by atoms with Gasteiger partial charge in [0.1, 0.15) is 5.82 Å². The molecule has 0 saturated carbocycles. The van der Waals surface area contributed by atoms with Crippen molar-refractivity contribution >= 4 is 15.8 Å². The molecule has 2 N–H and O–H groups in total. The van der Waals surface area contributed by atoms with Crippen LogP contribution in [0.3, 0.4) is 0 Å². The summed E-state index contributed by atoms with van der Waals surface area (Å²) in [6.07, 6.45) is 3.57. The lowest BCUT2D eigenvalue weighted by Crippen LogP contribution is -2.13. The number of benzene rings is 2. The zero-order valence-corrected chi connectivity index (χ0v) is 14.2. The number of aryl methyl sites for hydroxylation is 1. The summed E-state index contributed by atoms with van der Waals surface area (Å²) in [5, 5.41) is 6.68. The standard InChI is InChI=1S/C18H19N3O2S/c1-2-6-14-9-11-16(12-10-14)24(22,23)21-18-17(13-19-20-18)15-7-4-3-5-8-15/h3-5,7-13H,2,6H2,1H3,(H2,19,20,21). The van der Waals surface area contributed by atoms with Crippen LogP contribution in [0.15, 0.2) is 65.7 Å². The number of H-pyrrole nitrogens is 1. The van der Waals surface area contributed by atoms with Gasteiger partial charge in [-0.1, -0.05) is 55.8 Å². The fourth-order valence-electron chi connectivity index (χ4n) is 2.52. The summed E-state index contributed by atoms with van der Waals surface area (Å²) >= 11 is 0. The first-order valence-corrected chi connectivity index (χ1v) is 9.29. The number of nitrogens with one attached hydrogen (secondary N) is 2. The van der Waals surface area contributed by atoms with Gasteiger partial charge in [-0.2, -0.15) is 5.10 Å². The number of nitrogens with zero attached hydrogens (tertiary/aromatic N) is 1. The smallest absolute Gasteiger partial charge is 0.263 e. The molecule has 0 radical (unpaired) electrons. The monoisotopic (exact) mass is 341 g/mol. The van der Waals surface area contributed by atoms with Crippen molar-refractivity contribution in [3.63, 3.8) is 0 Å². The molecular weight excluding hydrogens is 322 g/mol. The van der Waals surface area contributed by atoms with Gasteiger partial charge in [-0.05, 0) is 29.7 Å². The molecule has 0 aliphatic heterocycles. The molecule has 24 heavy (non-hydrogen) atoms. The molecule has 6 heteroatoms. The highest BCUT2D eigenvalue weighted by Crippen LogP contribution is 2.27. The highest BCUT2D eigenvalue weighted by atomic mass is 32.2. The van der Waals surface area contributed by atoms with Crippen LogP contribution in [-0.2, 0) is 16.4 Å². The quantitative estimate of drug-likeness (QED) is 0.715. The molecule has 0 aliphatic rings. The number of aromatic nitrogens is 2. The van der Waals surface area contributed by atoms with E-state index in [1.165, 1.54) is 0 Å². The molecule has 1 heterocycles. The van der Waals surface area contributed by atoms with Crippen LogP contribution in [0.1, 0.15) is 18.9 Å². The molecule has 2 aromatic carbocycles. The summed E-state index contributed by atoms with van der Waals surface area (Å²) in [7, 11) is -3.67. The van der Waals surface area contributed by atoms with Crippen LogP contribution in [0, 0.1) is 0 Å². The van der Waals surface area contributed by atoms with Gasteiger partial charge in [-0.3, -0.25) is 9.82 Å². The zero-order chi connectivity index (χ0) is 17.0. The van der Waals surface area contributed by atoms with Crippen molar-refractivity contribution < 1.29 is 8.42 Å². The summed E-state index contributed by atoms with van der Waals surface area (Å²) < 4.78 is 27.8.